The Morgan fingerprint density at radius 1 is 1.33 bits per heavy atom. The van der Waals surface area contributed by atoms with Crippen LogP contribution in [0.3, 0.4) is 0 Å². The van der Waals surface area contributed by atoms with Gasteiger partial charge in [0, 0.05) is 10.7 Å². The highest BCUT2D eigenvalue weighted by molar-refractivity contribution is 8.13. The molecule has 0 spiro atoms. The third-order valence-electron chi connectivity index (χ3n) is 1.99. The van der Waals surface area contributed by atoms with Gasteiger partial charge in [-0.3, -0.25) is 0 Å². The van der Waals surface area contributed by atoms with E-state index >= 15 is 0 Å². The van der Waals surface area contributed by atoms with Gasteiger partial charge in [-0.2, -0.15) is 0 Å². The summed E-state index contributed by atoms with van der Waals surface area (Å²) in [6, 6.07) is 1.50. The minimum absolute atomic E-state index is 0.0481. The summed E-state index contributed by atoms with van der Waals surface area (Å²) in [5, 5.41) is 0. The molecular weight excluding hydrogens is 243 g/mol. The number of ether oxygens (including phenoxy) is 1. The average molecular weight is 253 g/mol. The van der Waals surface area contributed by atoms with Crippen LogP contribution < -0.4 is 4.74 Å². The molecule has 0 saturated heterocycles. The van der Waals surface area contributed by atoms with Gasteiger partial charge in [-0.25, -0.2) is 12.8 Å². The molecule has 0 atom stereocenters. The quantitative estimate of drug-likeness (QED) is 0.759. The Labute approximate surface area is 92.2 Å². The minimum atomic E-state index is -4.15. The number of benzene rings is 1. The Bertz CT molecular complexity index is 497. The highest BCUT2D eigenvalue weighted by atomic mass is 35.7. The smallest absolute Gasteiger partial charge is 0.267 e. The van der Waals surface area contributed by atoms with Crippen LogP contribution in [0.2, 0.25) is 0 Å². The van der Waals surface area contributed by atoms with E-state index < -0.39 is 19.8 Å². The molecule has 1 rings (SSSR count). The van der Waals surface area contributed by atoms with Gasteiger partial charge in [-0.15, -0.1) is 0 Å². The number of hydrogen-bond acceptors (Lipinski definition) is 3. The van der Waals surface area contributed by atoms with Crippen LogP contribution in [-0.4, -0.2) is 15.5 Å². The molecule has 6 heteroatoms. The Morgan fingerprint density at radius 3 is 2.27 bits per heavy atom. The normalized spacial score (nSPS) is 11.5. The van der Waals surface area contributed by atoms with E-state index in [1.165, 1.54) is 20.1 Å². The first kappa shape index (κ1) is 12.3. The van der Waals surface area contributed by atoms with Crippen molar-refractivity contribution in [3.8, 4) is 5.75 Å². The number of methoxy groups -OCH3 is 1. The molecule has 0 aliphatic heterocycles. The van der Waals surface area contributed by atoms with Crippen LogP contribution in [0.4, 0.5) is 4.39 Å². The monoisotopic (exact) mass is 252 g/mol. The summed E-state index contributed by atoms with van der Waals surface area (Å²) >= 11 is 0. The molecule has 0 heterocycles. The van der Waals surface area contributed by atoms with Crippen molar-refractivity contribution in [3.63, 3.8) is 0 Å². The highest BCUT2D eigenvalue weighted by Crippen LogP contribution is 2.34. The first-order chi connectivity index (χ1) is 6.79. The molecule has 0 fully saturated rings. The van der Waals surface area contributed by atoms with Crippen molar-refractivity contribution in [1.82, 2.24) is 0 Å². The molecule has 0 amide bonds. The summed E-state index contributed by atoms with van der Waals surface area (Å²) in [6.07, 6.45) is 0. The van der Waals surface area contributed by atoms with Crippen LogP contribution in [0.25, 0.3) is 0 Å². The van der Waals surface area contributed by atoms with Crippen LogP contribution in [0.15, 0.2) is 11.0 Å². The summed E-state index contributed by atoms with van der Waals surface area (Å²) in [7, 11) is 2.26. The average Bonchev–Trinajstić information content (AvgIpc) is 2.08. The summed E-state index contributed by atoms with van der Waals surface area (Å²) in [6.45, 7) is 3.09. The van der Waals surface area contributed by atoms with E-state index in [9.17, 15) is 12.8 Å². The molecule has 0 aliphatic rings. The Morgan fingerprint density at radius 2 is 1.87 bits per heavy atom. The van der Waals surface area contributed by atoms with Gasteiger partial charge in [-0.1, -0.05) is 0 Å². The summed E-state index contributed by atoms with van der Waals surface area (Å²) < 4.78 is 40.8. The maximum Gasteiger partial charge on any atom is 0.267 e. The lowest BCUT2D eigenvalue weighted by Crippen LogP contribution is -2.03. The fourth-order valence-corrected chi connectivity index (χ4v) is 2.64. The third kappa shape index (κ3) is 2.23. The molecule has 1 aromatic carbocycles. The van der Waals surface area contributed by atoms with Crippen molar-refractivity contribution < 1.29 is 17.5 Å². The summed E-state index contributed by atoms with van der Waals surface area (Å²) in [5.41, 5.74) is 0.739. The van der Waals surface area contributed by atoms with Gasteiger partial charge in [0.25, 0.3) is 9.05 Å². The van der Waals surface area contributed by atoms with Gasteiger partial charge < -0.3 is 4.74 Å². The van der Waals surface area contributed by atoms with Crippen LogP contribution in [-0.2, 0) is 9.05 Å². The van der Waals surface area contributed by atoms with E-state index in [-0.39, 0.29) is 11.3 Å². The third-order valence-corrected chi connectivity index (χ3v) is 3.31. The van der Waals surface area contributed by atoms with Gasteiger partial charge in [0.1, 0.15) is 11.6 Å². The second kappa shape index (κ2) is 3.98. The summed E-state index contributed by atoms with van der Waals surface area (Å²) in [4.78, 5) is -0.593. The van der Waals surface area contributed by atoms with Crippen molar-refractivity contribution in [2.45, 2.75) is 18.7 Å². The van der Waals surface area contributed by atoms with E-state index in [1.54, 1.807) is 6.92 Å². The van der Waals surface area contributed by atoms with Crippen LogP contribution >= 0.6 is 10.7 Å². The number of halogens is 2. The molecule has 0 N–H and O–H groups in total. The molecule has 1 aromatic rings. The fraction of sp³-hybridized carbons (Fsp3) is 0.333. The van der Waals surface area contributed by atoms with Gasteiger partial charge in [0.15, 0.2) is 4.90 Å². The van der Waals surface area contributed by atoms with E-state index in [0.29, 0.717) is 5.56 Å². The molecule has 0 radical (unpaired) electrons. The maximum atomic E-state index is 13.6. The maximum absolute atomic E-state index is 13.6. The van der Waals surface area contributed by atoms with Crippen LogP contribution in [0, 0.1) is 19.7 Å². The number of aryl methyl sites for hydroxylation is 2. The Hall–Kier alpha value is -0.810. The van der Waals surface area contributed by atoms with Crippen LogP contribution in [0.1, 0.15) is 11.1 Å². The molecule has 0 bridgehead atoms. The van der Waals surface area contributed by atoms with Gasteiger partial charge >= 0.3 is 0 Å². The fourth-order valence-electron chi connectivity index (χ4n) is 1.38. The van der Waals surface area contributed by atoms with Crippen molar-refractivity contribution in [2.75, 3.05) is 7.11 Å². The molecule has 0 unspecified atom stereocenters. The Kier molecular flexibility index (Phi) is 3.25. The first-order valence-corrected chi connectivity index (χ1v) is 6.38. The predicted molar refractivity (Wildman–Crippen MR) is 55.5 cm³/mol. The molecule has 3 nitrogen and oxygen atoms in total. The topological polar surface area (TPSA) is 43.4 Å². The molecule has 0 saturated carbocycles. The lowest BCUT2D eigenvalue weighted by Gasteiger charge is -2.11. The number of rotatable bonds is 2. The molecular formula is C9H10ClFO3S. The van der Waals surface area contributed by atoms with E-state index in [4.69, 9.17) is 15.4 Å². The van der Waals surface area contributed by atoms with Crippen LogP contribution in [0.5, 0.6) is 5.75 Å². The van der Waals surface area contributed by atoms with Gasteiger partial charge in [-0.05, 0) is 31.0 Å². The molecule has 0 aromatic heterocycles. The standard InChI is InChI=1S/C9H10ClFO3S/c1-5-4-6(2)8(14-3)9(7(5)11)15(10,12)13/h4H,1-3H3. The van der Waals surface area contributed by atoms with E-state index in [2.05, 4.69) is 0 Å². The zero-order chi connectivity index (χ0) is 11.8. The van der Waals surface area contributed by atoms with Crippen molar-refractivity contribution in [2.24, 2.45) is 0 Å². The second-order valence-electron chi connectivity index (χ2n) is 3.12. The van der Waals surface area contributed by atoms with Crippen molar-refractivity contribution >= 4 is 19.7 Å². The lowest BCUT2D eigenvalue weighted by molar-refractivity contribution is 0.391. The minimum Gasteiger partial charge on any atom is -0.495 e. The zero-order valence-corrected chi connectivity index (χ0v) is 10.0. The number of hydrogen-bond donors (Lipinski definition) is 0. The Balaban J connectivity index is 3.74. The SMILES string of the molecule is COc1c(C)cc(C)c(F)c1S(=O)(=O)Cl. The molecule has 84 valence electrons. The van der Waals surface area contributed by atoms with Gasteiger partial charge in [0.05, 0.1) is 7.11 Å². The summed E-state index contributed by atoms with van der Waals surface area (Å²) in [5.74, 6) is -0.916. The lowest BCUT2D eigenvalue weighted by atomic mass is 10.1. The predicted octanol–water partition coefficient (Wildman–Crippen LogP) is 2.38. The second-order valence-corrected chi connectivity index (χ2v) is 5.63. The highest BCUT2D eigenvalue weighted by Gasteiger charge is 2.25. The zero-order valence-electron chi connectivity index (χ0n) is 8.47. The van der Waals surface area contributed by atoms with Crippen molar-refractivity contribution in [1.29, 1.82) is 0 Å². The van der Waals surface area contributed by atoms with Gasteiger partial charge in [0.2, 0.25) is 0 Å². The molecule has 15 heavy (non-hydrogen) atoms. The van der Waals surface area contributed by atoms with Crippen molar-refractivity contribution in [3.05, 3.63) is 23.0 Å². The largest absolute Gasteiger partial charge is 0.495 e. The van der Waals surface area contributed by atoms with E-state index in [1.807, 2.05) is 0 Å². The first-order valence-electron chi connectivity index (χ1n) is 4.07. The van der Waals surface area contributed by atoms with E-state index in [0.717, 1.165) is 0 Å². The molecule has 0 aliphatic carbocycles.